The summed E-state index contributed by atoms with van der Waals surface area (Å²) < 4.78 is 34.2. The average molecular weight is 358 g/mol. The number of aryl methyl sites for hydroxylation is 1. The van der Waals surface area contributed by atoms with Gasteiger partial charge in [-0.25, -0.2) is 8.42 Å². The minimum absolute atomic E-state index is 0.0426. The maximum absolute atomic E-state index is 11.5. The van der Waals surface area contributed by atoms with Gasteiger partial charge in [0.05, 0.1) is 6.61 Å². The molecule has 0 aliphatic carbocycles. The molecule has 0 radical (unpaired) electrons. The lowest BCUT2D eigenvalue weighted by Gasteiger charge is -2.18. The van der Waals surface area contributed by atoms with Crippen LogP contribution in [-0.4, -0.2) is 28.2 Å². The molecule has 0 aromatic heterocycles. The third-order valence-electron chi connectivity index (χ3n) is 2.19. The van der Waals surface area contributed by atoms with Gasteiger partial charge in [-0.3, -0.25) is 0 Å². The first kappa shape index (κ1) is 15.8. The third-order valence-corrected chi connectivity index (χ3v) is 3.97. The van der Waals surface area contributed by atoms with Crippen molar-refractivity contribution in [1.29, 1.82) is 0 Å². The predicted octanol–water partition coefficient (Wildman–Crippen LogP) is 3.10. The van der Waals surface area contributed by atoms with Crippen LogP contribution in [0.4, 0.5) is 0 Å². The van der Waals surface area contributed by atoms with E-state index in [1.54, 1.807) is 27.0 Å². The molecule has 1 rings (SSSR count). The molecule has 0 saturated heterocycles. The van der Waals surface area contributed by atoms with E-state index in [4.69, 9.17) is 20.2 Å². The number of hydrogen-bond donors (Lipinski definition) is 0. The van der Waals surface area contributed by atoms with Gasteiger partial charge in [-0.15, -0.1) is 0 Å². The second-order valence-corrected chi connectivity index (χ2v) is 7.32. The first-order valence-electron chi connectivity index (χ1n) is 5.16. The van der Waals surface area contributed by atoms with E-state index in [2.05, 4.69) is 15.9 Å². The quantitative estimate of drug-likeness (QED) is 0.760. The van der Waals surface area contributed by atoms with Crippen LogP contribution < -0.4 is 4.74 Å². The molecule has 18 heavy (non-hydrogen) atoms. The Morgan fingerprint density at radius 1 is 1.44 bits per heavy atom. The van der Waals surface area contributed by atoms with E-state index in [1.807, 2.05) is 0 Å². The van der Waals surface area contributed by atoms with Crippen LogP contribution in [0.3, 0.4) is 0 Å². The van der Waals surface area contributed by atoms with Gasteiger partial charge in [0.25, 0.3) is 9.05 Å². The Bertz CT molecular complexity index is 530. The highest BCUT2D eigenvalue weighted by atomic mass is 79.9. The molecule has 1 aromatic carbocycles. The highest BCUT2D eigenvalue weighted by Crippen LogP contribution is 2.34. The van der Waals surface area contributed by atoms with E-state index < -0.39 is 9.05 Å². The van der Waals surface area contributed by atoms with Crippen LogP contribution in [0.1, 0.15) is 12.5 Å². The largest absolute Gasteiger partial charge is 0.487 e. The van der Waals surface area contributed by atoms with Gasteiger partial charge < -0.3 is 9.47 Å². The van der Waals surface area contributed by atoms with Crippen molar-refractivity contribution in [2.24, 2.45) is 0 Å². The second kappa shape index (κ2) is 6.23. The molecule has 4 nitrogen and oxygen atoms in total. The topological polar surface area (TPSA) is 52.6 Å². The number of methoxy groups -OCH3 is 1. The van der Waals surface area contributed by atoms with Crippen molar-refractivity contribution in [2.45, 2.75) is 24.8 Å². The van der Waals surface area contributed by atoms with E-state index in [-0.39, 0.29) is 16.7 Å². The molecule has 102 valence electrons. The summed E-state index contributed by atoms with van der Waals surface area (Å²) in [5.74, 6) is 0.262. The zero-order valence-electron chi connectivity index (χ0n) is 10.2. The lowest BCUT2D eigenvalue weighted by atomic mass is 10.2. The summed E-state index contributed by atoms with van der Waals surface area (Å²) in [7, 11) is 3.09. The summed E-state index contributed by atoms with van der Waals surface area (Å²) in [6, 6.07) is 3.19. The zero-order chi connectivity index (χ0) is 13.9. The molecule has 0 amide bonds. The normalized spacial score (nSPS) is 13.4. The average Bonchev–Trinajstić information content (AvgIpc) is 2.20. The molecule has 0 bridgehead atoms. The van der Waals surface area contributed by atoms with Crippen LogP contribution in [-0.2, 0) is 13.8 Å². The van der Waals surface area contributed by atoms with Crippen LogP contribution in [0.5, 0.6) is 5.75 Å². The molecule has 1 unspecified atom stereocenters. The maximum Gasteiger partial charge on any atom is 0.265 e. The third kappa shape index (κ3) is 4.12. The molecule has 0 aliphatic rings. The van der Waals surface area contributed by atoms with Gasteiger partial charge in [0.2, 0.25) is 0 Å². The molecule has 7 heteroatoms. The summed E-state index contributed by atoms with van der Waals surface area (Å²) in [6.07, 6.45) is -0.271. The summed E-state index contributed by atoms with van der Waals surface area (Å²) in [5.41, 5.74) is 0.687. The van der Waals surface area contributed by atoms with Gasteiger partial charge >= 0.3 is 0 Å². The van der Waals surface area contributed by atoms with Crippen molar-refractivity contribution in [1.82, 2.24) is 0 Å². The van der Waals surface area contributed by atoms with Crippen LogP contribution in [0, 0.1) is 6.92 Å². The summed E-state index contributed by atoms with van der Waals surface area (Å²) in [4.78, 5) is -0.0426. The van der Waals surface area contributed by atoms with Crippen molar-refractivity contribution < 1.29 is 17.9 Å². The molecule has 1 atom stereocenters. The van der Waals surface area contributed by atoms with E-state index in [0.29, 0.717) is 16.6 Å². The van der Waals surface area contributed by atoms with Crippen molar-refractivity contribution >= 4 is 35.7 Å². The first-order valence-corrected chi connectivity index (χ1v) is 8.26. The highest BCUT2D eigenvalue weighted by Gasteiger charge is 2.21. The molecule has 0 fully saturated rings. The molecule has 0 spiro atoms. The van der Waals surface area contributed by atoms with Gasteiger partial charge in [0, 0.05) is 22.3 Å². The number of ether oxygens (including phenoxy) is 2. The molecule has 0 N–H and O–H groups in total. The number of rotatable bonds is 5. The van der Waals surface area contributed by atoms with Crippen LogP contribution in [0.2, 0.25) is 0 Å². The van der Waals surface area contributed by atoms with Gasteiger partial charge in [0.15, 0.2) is 0 Å². The number of hydrogen-bond acceptors (Lipinski definition) is 4. The van der Waals surface area contributed by atoms with E-state index >= 15 is 0 Å². The lowest BCUT2D eigenvalue weighted by molar-refractivity contribution is 0.0896. The molecular weight excluding hydrogens is 344 g/mol. The Hall–Kier alpha value is -0.300. The molecular formula is C11H14BrClO4S. The predicted molar refractivity (Wildman–Crippen MR) is 73.9 cm³/mol. The zero-order valence-corrected chi connectivity index (χ0v) is 13.4. The number of halogens is 2. The van der Waals surface area contributed by atoms with Crippen molar-refractivity contribution in [2.75, 3.05) is 13.7 Å². The SMILES string of the molecule is COCC(C)Oc1c(C)cc(Br)cc1S(=O)(=O)Cl. The summed E-state index contributed by atoms with van der Waals surface area (Å²) in [5, 5.41) is 0. The maximum atomic E-state index is 11.5. The Kier molecular flexibility index (Phi) is 5.46. The standard InChI is InChI=1S/C11H14BrClO4S/c1-7-4-9(12)5-10(18(13,14)15)11(7)17-8(2)6-16-3/h4-5,8H,6H2,1-3H3. The van der Waals surface area contributed by atoms with E-state index in [9.17, 15) is 8.42 Å². The van der Waals surface area contributed by atoms with Crippen molar-refractivity contribution in [3.05, 3.63) is 22.2 Å². The minimum Gasteiger partial charge on any atom is -0.487 e. The van der Waals surface area contributed by atoms with Gasteiger partial charge in [-0.1, -0.05) is 15.9 Å². The van der Waals surface area contributed by atoms with Crippen LogP contribution in [0.25, 0.3) is 0 Å². The Morgan fingerprint density at radius 3 is 2.56 bits per heavy atom. The Balaban J connectivity index is 3.25. The summed E-state index contributed by atoms with van der Waals surface area (Å²) in [6.45, 7) is 3.90. The lowest BCUT2D eigenvalue weighted by Crippen LogP contribution is -2.19. The molecule has 1 aromatic rings. The summed E-state index contributed by atoms with van der Waals surface area (Å²) >= 11 is 3.23. The minimum atomic E-state index is -3.86. The van der Waals surface area contributed by atoms with E-state index in [1.165, 1.54) is 6.07 Å². The van der Waals surface area contributed by atoms with Crippen molar-refractivity contribution in [3.8, 4) is 5.75 Å². The van der Waals surface area contributed by atoms with Gasteiger partial charge in [-0.05, 0) is 31.5 Å². The molecule has 0 heterocycles. The fraction of sp³-hybridized carbons (Fsp3) is 0.455. The van der Waals surface area contributed by atoms with Crippen molar-refractivity contribution in [3.63, 3.8) is 0 Å². The Morgan fingerprint density at radius 2 is 2.06 bits per heavy atom. The highest BCUT2D eigenvalue weighted by molar-refractivity contribution is 9.10. The smallest absolute Gasteiger partial charge is 0.265 e. The molecule has 0 aliphatic heterocycles. The monoisotopic (exact) mass is 356 g/mol. The van der Waals surface area contributed by atoms with Gasteiger partial charge in [0.1, 0.15) is 16.7 Å². The fourth-order valence-corrected chi connectivity index (χ4v) is 3.27. The first-order chi connectivity index (χ1) is 8.25. The fourth-order valence-electron chi connectivity index (χ4n) is 1.50. The van der Waals surface area contributed by atoms with Gasteiger partial charge in [-0.2, -0.15) is 0 Å². The second-order valence-electron chi connectivity index (χ2n) is 3.87. The Labute approximate surface area is 120 Å². The number of benzene rings is 1. The van der Waals surface area contributed by atoms with Crippen LogP contribution >= 0.6 is 26.6 Å². The van der Waals surface area contributed by atoms with Crippen LogP contribution in [0.15, 0.2) is 21.5 Å². The van der Waals surface area contributed by atoms with E-state index in [0.717, 1.165) is 0 Å². The molecule has 0 saturated carbocycles.